The third-order valence-electron chi connectivity index (χ3n) is 4.80. The lowest BCUT2D eigenvalue weighted by molar-refractivity contribution is -0.124. The van der Waals surface area contributed by atoms with E-state index in [0.29, 0.717) is 10.5 Å². The van der Waals surface area contributed by atoms with Gasteiger partial charge in [-0.2, -0.15) is 0 Å². The summed E-state index contributed by atoms with van der Waals surface area (Å²) in [5.74, 6) is -1.11. The average Bonchev–Trinajstić information content (AvgIpc) is 3.00. The lowest BCUT2D eigenvalue weighted by Crippen LogP contribution is -2.41. The van der Waals surface area contributed by atoms with E-state index in [-0.39, 0.29) is 36.7 Å². The van der Waals surface area contributed by atoms with Crippen LogP contribution in [0.15, 0.2) is 47.4 Å². The van der Waals surface area contributed by atoms with Crippen molar-refractivity contribution in [3.05, 3.63) is 75.2 Å². The van der Waals surface area contributed by atoms with Crippen LogP contribution >= 0.6 is 11.8 Å². The molecule has 7 nitrogen and oxygen atoms in total. The van der Waals surface area contributed by atoms with Gasteiger partial charge in [0.2, 0.25) is 5.91 Å². The Kier molecular flexibility index (Phi) is 7.48. The number of nitrogens with zero attached hydrogens (tertiary/aromatic N) is 1. The molecule has 0 spiro atoms. The van der Waals surface area contributed by atoms with Crippen LogP contribution in [0.3, 0.4) is 0 Å². The number of nitrogens with one attached hydrogen (secondary N) is 2. The standard InChI is InChI=1S/C24H25N3O4S/c1-15-4-6-18(7-5-15)13-20-23(30)27(24(31)32-20)9-8-25-21(28)14-26-22(29)19-11-16(2)10-17(3)12-19/h4-7,10-13H,8-9,14H2,1-3H3,(H,25,28)(H,26,29)/b20-13-. The van der Waals surface area contributed by atoms with Crippen LogP contribution in [0.25, 0.3) is 6.08 Å². The van der Waals surface area contributed by atoms with Gasteiger partial charge in [-0.05, 0) is 56.3 Å². The van der Waals surface area contributed by atoms with E-state index in [9.17, 15) is 19.2 Å². The fourth-order valence-electron chi connectivity index (χ4n) is 3.24. The largest absolute Gasteiger partial charge is 0.353 e. The van der Waals surface area contributed by atoms with E-state index in [0.717, 1.165) is 38.9 Å². The molecule has 0 atom stereocenters. The van der Waals surface area contributed by atoms with Gasteiger partial charge in [0.1, 0.15) is 0 Å². The third-order valence-corrected chi connectivity index (χ3v) is 5.71. The van der Waals surface area contributed by atoms with Crippen molar-refractivity contribution in [1.82, 2.24) is 15.5 Å². The second-order valence-corrected chi connectivity index (χ2v) is 8.65. The first kappa shape index (κ1) is 23.3. The molecule has 8 heteroatoms. The van der Waals surface area contributed by atoms with E-state index in [2.05, 4.69) is 10.6 Å². The van der Waals surface area contributed by atoms with E-state index in [1.165, 1.54) is 0 Å². The number of aryl methyl sites for hydroxylation is 3. The highest BCUT2D eigenvalue weighted by molar-refractivity contribution is 8.18. The van der Waals surface area contributed by atoms with Crippen LogP contribution in [0.2, 0.25) is 0 Å². The second-order valence-electron chi connectivity index (χ2n) is 7.65. The van der Waals surface area contributed by atoms with Gasteiger partial charge in [-0.1, -0.05) is 47.0 Å². The Morgan fingerprint density at radius 2 is 1.59 bits per heavy atom. The molecule has 0 saturated carbocycles. The smallest absolute Gasteiger partial charge is 0.293 e. The van der Waals surface area contributed by atoms with Gasteiger partial charge in [0.25, 0.3) is 17.1 Å². The number of carbonyl (C=O) groups excluding carboxylic acids is 4. The van der Waals surface area contributed by atoms with Crippen LogP contribution in [0.1, 0.15) is 32.6 Å². The molecule has 2 aromatic rings. The molecular weight excluding hydrogens is 426 g/mol. The van der Waals surface area contributed by atoms with E-state index >= 15 is 0 Å². The van der Waals surface area contributed by atoms with Crippen molar-refractivity contribution in [2.75, 3.05) is 19.6 Å². The molecule has 0 unspecified atom stereocenters. The number of amides is 4. The summed E-state index contributed by atoms with van der Waals surface area (Å²) in [5, 5.41) is 4.83. The summed E-state index contributed by atoms with van der Waals surface area (Å²) in [4.78, 5) is 50.5. The summed E-state index contributed by atoms with van der Waals surface area (Å²) >= 11 is 0.883. The molecule has 1 heterocycles. The SMILES string of the molecule is Cc1ccc(/C=C2\SC(=O)N(CCNC(=O)CNC(=O)c3cc(C)cc(C)c3)C2=O)cc1. The van der Waals surface area contributed by atoms with Gasteiger partial charge in [-0.25, -0.2) is 0 Å². The van der Waals surface area contributed by atoms with Gasteiger partial charge in [-0.3, -0.25) is 24.1 Å². The normalized spacial score (nSPS) is 14.7. The summed E-state index contributed by atoms with van der Waals surface area (Å²) < 4.78 is 0. The molecule has 0 aliphatic carbocycles. The molecule has 1 aliphatic heterocycles. The first-order chi connectivity index (χ1) is 15.2. The second kappa shape index (κ2) is 10.3. The van der Waals surface area contributed by atoms with Crippen molar-refractivity contribution >= 4 is 40.8 Å². The fourth-order valence-corrected chi connectivity index (χ4v) is 4.11. The van der Waals surface area contributed by atoms with Crippen LogP contribution < -0.4 is 10.6 Å². The number of benzene rings is 2. The quantitative estimate of drug-likeness (QED) is 0.631. The average molecular weight is 452 g/mol. The van der Waals surface area contributed by atoms with Crippen molar-refractivity contribution in [2.24, 2.45) is 0 Å². The van der Waals surface area contributed by atoms with E-state index in [4.69, 9.17) is 0 Å². The summed E-state index contributed by atoms with van der Waals surface area (Å²) in [6.45, 7) is 5.75. The van der Waals surface area contributed by atoms with Crippen LogP contribution in [0.4, 0.5) is 4.79 Å². The van der Waals surface area contributed by atoms with Crippen LogP contribution in [-0.2, 0) is 9.59 Å². The first-order valence-electron chi connectivity index (χ1n) is 10.2. The summed E-state index contributed by atoms with van der Waals surface area (Å²) in [6.07, 6.45) is 1.69. The van der Waals surface area contributed by atoms with Crippen LogP contribution in [0, 0.1) is 20.8 Å². The molecule has 2 N–H and O–H groups in total. The molecule has 32 heavy (non-hydrogen) atoms. The minimum absolute atomic E-state index is 0.0622. The molecule has 1 fully saturated rings. The zero-order valence-corrected chi connectivity index (χ0v) is 19.0. The highest BCUT2D eigenvalue weighted by Gasteiger charge is 2.34. The Balaban J connectivity index is 1.46. The molecule has 1 aliphatic rings. The fraction of sp³-hybridized carbons (Fsp3) is 0.250. The van der Waals surface area contributed by atoms with Gasteiger partial charge in [-0.15, -0.1) is 0 Å². The van der Waals surface area contributed by atoms with E-state index < -0.39 is 5.91 Å². The molecule has 3 rings (SSSR count). The maximum absolute atomic E-state index is 12.5. The molecule has 0 bridgehead atoms. The number of rotatable bonds is 7. The minimum atomic E-state index is -0.398. The Bertz CT molecular complexity index is 1070. The predicted octanol–water partition coefficient (Wildman–Crippen LogP) is 3.19. The van der Waals surface area contributed by atoms with Crippen molar-refractivity contribution in [3.63, 3.8) is 0 Å². The molecule has 4 amide bonds. The molecular formula is C24H25N3O4S. The zero-order chi connectivity index (χ0) is 23.3. The summed E-state index contributed by atoms with van der Waals surface area (Å²) in [6, 6.07) is 13.1. The van der Waals surface area contributed by atoms with E-state index in [1.54, 1.807) is 18.2 Å². The van der Waals surface area contributed by atoms with Gasteiger partial charge in [0.05, 0.1) is 11.4 Å². The van der Waals surface area contributed by atoms with Gasteiger partial charge >= 0.3 is 0 Å². The summed E-state index contributed by atoms with van der Waals surface area (Å²) in [7, 11) is 0. The van der Waals surface area contributed by atoms with Crippen molar-refractivity contribution < 1.29 is 19.2 Å². The van der Waals surface area contributed by atoms with Crippen molar-refractivity contribution in [3.8, 4) is 0 Å². The Hall–Kier alpha value is -3.39. The zero-order valence-electron chi connectivity index (χ0n) is 18.2. The van der Waals surface area contributed by atoms with Crippen molar-refractivity contribution in [1.29, 1.82) is 0 Å². The monoisotopic (exact) mass is 451 g/mol. The number of hydrogen-bond donors (Lipinski definition) is 2. The lowest BCUT2D eigenvalue weighted by atomic mass is 10.1. The molecule has 0 aromatic heterocycles. The maximum Gasteiger partial charge on any atom is 0.293 e. The predicted molar refractivity (Wildman–Crippen MR) is 125 cm³/mol. The molecule has 1 saturated heterocycles. The topological polar surface area (TPSA) is 95.6 Å². The number of thioether (sulfide) groups is 1. The van der Waals surface area contributed by atoms with Gasteiger partial charge < -0.3 is 10.6 Å². The van der Waals surface area contributed by atoms with Crippen LogP contribution in [-0.4, -0.2) is 47.5 Å². The number of hydrogen-bond acceptors (Lipinski definition) is 5. The lowest BCUT2D eigenvalue weighted by Gasteiger charge is -2.13. The summed E-state index contributed by atoms with van der Waals surface area (Å²) in [5.41, 5.74) is 4.38. The molecule has 0 radical (unpaired) electrons. The maximum atomic E-state index is 12.5. The van der Waals surface area contributed by atoms with Crippen molar-refractivity contribution in [2.45, 2.75) is 20.8 Å². The molecule has 166 valence electrons. The van der Waals surface area contributed by atoms with Gasteiger partial charge in [0, 0.05) is 18.7 Å². The molecule has 2 aromatic carbocycles. The third kappa shape index (κ3) is 6.07. The Morgan fingerprint density at radius 3 is 2.25 bits per heavy atom. The Labute approximate surface area is 191 Å². The number of carbonyl (C=O) groups is 4. The van der Waals surface area contributed by atoms with E-state index in [1.807, 2.05) is 51.1 Å². The number of imide groups is 1. The first-order valence-corrected chi connectivity index (χ1v) is 11.0. The van der Waals surface area contributed by atoms with Gasteiger partial charge in [0.15, 0.2) is 0 Å². The highest BCUT2D eigenvalue weighted by atomic mass is 32.2. The Morgan fingerprint density at radius 1 is 0.938 bits per heavy atom. The highest BCUT2D eigenvalue weighted by Crippen LogP contribution is 2.31. The minimum Gasteiger partial charge on any atom is -0.353 e. The van der Waals surface area contributed by atoms with Crippen LogP contribution in [0.5, 0.6) is 0 Å².